The Balaban J connectivity index is 1.61. The zero-order valence-electron chi connectivity index (χ0n) is 23.4. The van der Waals surface area contributed by atoms with Crippen molar-refractivity contribution < 1.29 is 79.2 Å². The molecule has 3 heterocycles. The van der Waals surface area contributed by atoms with Crippen molar-refractivity contribution in [1.29, 1.82) is 0 Å². The molecule has 5 rings (SSSR count). The number of aromatic hydroxyl groups is 2. The van der Waals surface area contributed by atoms with Crippen molar-refractivity contribution in [3.05, 3.63) is 40.6 Å². The van der Waals surface area contributed by atoms with Crippen molar-refractivity contribution in [2.45, 2.75) is 61.4 Å². The zero-order valence-corrected chi connectivity index (χ0v) is 23.4. The molecule has 45 heavy (non-hydrogen) atoms. The predicted molar refractivity (Wildman–Crippen MR) is 147 cm³/mol. The topological polar surface area (TPSA) is 279 Å². The second kappa shape index (κ2) is 12.9. The van der Waals surface area contributed by atoms with Crippen LogP contribution in [0.2, 0.25) is 0 Å². The lowest BCUT2D eigenvalue weighted by Gasteiger charge is -2.39. The number of phenols is 2. The van der Waals surface area contributed by atoms with E-state index in [0.717, 1.165) is 18.2 Å². The van der Waals surface area contributed by atoms with Gasteiger partial charge in [-0.15, -0.1) is 0 Å². The van der Waals surface area contributed by atoms with Gasteiger partial charge in [-0.2, -0.15) is 0 Å². The molecule has 0 bridgehead atoms. The minimum Gasteiger partial charge on any atom is -0.507 e. The van der Waals surface area contributed by atoms with Crippen LogP contribution in [0.1, 0.15) is 0 Å². The van der Waals surface area contributed by atoms with Crippen LogP contribution in [0.4, 0.5) is 0 Å². The average Bonchev–Trinajstić information content (AvgIpc) is 3.02. The van der Waals surface area contributed by atoms with Gasteiger partial charge in [-0.3, -0.25) is 4.79 Å². The standard InChI is InChI=1S/C28H32O17/c1-40-13-3-2-9(4-11(13)31)25-26(45-28-24(39)22(37)19(34)16(8-30)44-28)20(35)17-12(32)5-10(6-14(17)42-25)41-27-23(38)21(36)18(33)15(7-29)43-27/h2-6,15-16,18-19,21-24,27-34,36-39H,7-8H2,1H3/t15-,16+,18+,19+,21-,22-,23+,24+,27+,28-/m0/s1. The van der Waals surface area contributed by atoms with E-state index in [1.165, 1.54) is 19.2 Å². The van der Waals surface area contributed by atoms with E-state index in [4.69, 9.17) is 28.1 Å². The Morgan fingerprint density at radius 3 is 1.84 bits per heavy atom. The minimum absolute atomic E-state index is 0.0200. The van der Waals surface area contributed by atoms with E-state index < -0.39 is 96.9 Å². The summed E-state index contributed by atoms with van der Waals surface area (Å²) >= 11 is 0. The monoisotopic (exact) mass is 640 g/mol. The highest BCUT2D eigenvalue weighted by molar-refractivity contribution is 5.88. The van der Waals surface area contributed by atoms with Crippen LogP contribution in [0.15, 0.2) is 39.5 Å². The lowest BCUT2D eigenvalue weighted by Crippen LogP contribution is -2.60. The van der Waals surface area contributed by atoms with E-state index in [-0.39, 0.29) is 34.2 Å². The fourth-order valence-electron chi connectivity index (χ4n) is 5.03. The number of hydrogen-bond acceptors (Lipinski definition) is 17. The third-order valence-electron chi connectivity index (χ3n) is 7.53. The van der Waals surface area contributed by atoms with Gasteiger partial charge in [-0.05, 0) is 18.2 Å². The Labute approximate surface area is 252 Å². The summed E-state index contributed by atoms with van der Waals surface area (Å²) in [6.07, 6.45) is -16.8. The fourth-order valence-corrected chi connectivity index (χ4v) is 5.03. The molecule has 10 atom stereocenters. The Morgan fingerprint density at radius 2 is 1.31 bits per heavy atom. The highest BCUT2D eigenvalue weighted by atomic mass is 16.7. The van der Waals surface area contributed by atoms with E-state index in [1.807, 2.05) is 0 Å². The summed E-state index contributed by atoms with van der Waals surface area (Å²) in [5.41, 5.74) is -1.34. The van der Waals surface area contributed by atoms with Gasteiger partial charge in [-0.1, -0.05) is 0 Å². The van der Waals surface area contributed by atoms with Crippen molar-refractivity contribution in [2.75, 3.05) is 20.3 Å². The molecule has 2 aliphatic rings. The van der Waals surface area contributed by atoms with Crippen molar-refractivity contribution in [3.63, 3.8) is 0 Å². The third kappa shape index (κ3) is 5.98. The van der Waals surface area contributed by atoms with Crippen LogP contribution in [0.25, 0.3) is 22.3 Å². The summed E-state index contributed by atoms with van der Waals surface area (Å²) in [7, 11) is 1.30. The number of aliphatic hydroxyl groups is 8. The molecular weight excluding hydrogens is 608 g/mol. The van der Waals surface area contributed by atoms with Crippen LogP contribution >= 0.6 is 0 Å². The maximum Gasteiger partial charge on any atom is 0.239 e. The smallest absolute Gasteiger partial charge is 0.239 e. The summed E-state index contributed by atoms with van der Waals surface area (Å²) in [6, 6.07) is 5.91. The molecule has 0 saturated carbocycles. The largest absolute Gasteiger partial charge is 0.507 e. The Bertz CT molecular complexity index is 1570. The first-order chi connectivity index (χ1) is 21.4. The molecule has 0 amide bonds. The van der Waals surface area contributed by atoms with Gasteiger partial charge < -0.3 is 79.2 Å². The quantitative estimate of drug-likeness (QED) is 0.119. The molecule has 17 heteroatoms. The van der Waals surface area contributed by atoms with Crippen LogP contribution in [0.5, 0.6) is 28.7 Å². The molecule has 17 nitrogen and oxygen atoms in total. The van der Waals surface area contributed by atoms with Gasteiger partial charge in [0, 0.05) is 17.7 Å². The van der Waals surface area contributed by atoms with Gasteiger partial charge in [0.2, 0.25) is 23.8 Å². The molecule has 2 aliphatic heterocycles. The van der Waals surface area contributed by atoms with Gasteiger partial charge in [-0.25, -0.2) is 0 Å². The summed E-state index contributed by atoms with van der Waals surface area (Å²) in [5.74, 6) is -2.35. The Kier molecular flexibility index (Phi) is 9.38. The maximum atomic E-state index is 13.8. The molecule has 0 spiro atoms. The molecule has 10 N–H and O–H groups in total. The van der Waals surface area contributed by atoms with E-state index in [9.17, 15) is 55.9 Å². The third-order valence-corrected chi connectivity index (χ3v) is 7.53. The molecule has 0 radical (unpaired) electrons. The summed E-state index contributed by atoms with van der Waals surface area (Å²) in [5, 5.41) is 101. The molecule has 2 aromatic carbocycles. The summed E-state index contributed by atoms with van der Waals surface area (Å²) in [6.45, 7) is -1.51. The van der Waals surface area contributed by atoms with Crippen molar-refractivity contribution >= 4 is 11.0 Å². The van der Waals surface area contributed by atoms with Gasteiger partial charge in [0.15, 0.2) is 17.3 Å². The van der Waals surface area contributed by atoms with Crippen LogP contribution < -0.4 is 19.6 Å². The van der Waals surface area contributed by atoms with Crippen LogP contribution in [0.3, 0.4) is 0 Å². The van der Waals surface area contributed by atoms with E-state index in [2.05, 4.69) is 0 Å². The average molecular weight is 641 g/mol. The SMILES string of the molecule is COc1ccc(-c2oc3cc(O[C@@H]4O[C@@H](CO)[C@@H](O)[C@H](O)[C@H]4O)cc(O)c3c(=O)c2O[C@@H]2O[C@H](CO)[C@@H](O)[C@H](O)[C@H]2O)cc1O. The number of methoxy groups -OCH3 is 1. The van der Waals surface area contributed by atoms with E-state index >= 15 is 0 Å². The first-order valence-corrected chi connectivity index (χ1v) is 13.6. The van der Waals surface area contributed by atoms with Crippen LogP contribution in [-0.4, -0.2) is 133 Å². The van der Waals surface area contributed by atoms with Gasteiger partial charge in [0.05, 0.1) is 20.3 Å². The predicted octanol–water partition coefficient (Wildman–Crippen LogP) is -2.76. The molecule has 2 saturated heterocycles. The zero-order chi connectivity index (χ0) is 32.7. The lowest BCUT2D eigenvalue weighted by molar-refractivity contribution is -0.277. The number of benzene rings is 2. The summed E-state index contributed by atoms with van der Waals surface area (Å²) in [4.78, 5) is 13.8. The first kappa shape index (κ1) is 32.6. The number of hydrogen-bond donors (Lipinski definition) is 10. The molecule has 0 aliphatic carbocycles. The molecule has 1 aromatic heterocycles. The second-order valence-electron chi connectivity index (χ2n) is 10.4. The van der Waals surface area contributed by atoms with Crippen LogP contribution in [-0.2, 0) is 9.47 Å². The maximum absolute atomic E-state index is 13.8. The molecule has 2 fully saturated rings. The Hall–Kier alpha value is -3.75. The Morgan fingerprint density at radius 1 is 0.733 bits per heavy atom. The molecular formula is C28H32O17. The number of phenolic OH excluding ortho intramolecular Hbond substituents is 2. The van der Waals surface area contributed by atoms with Gasteiger partial charge >= 0.3 is 0 Å². The molecule has 3 aromatic rings. The van der Waals surface area contributed by atoms with Crippen molar-refractivity contribution in [2.24, 2.45) is 0 Å². The number of aliphatic hydroxyl groups excluding tert-OH is 8. The van der Waals surface area contributed by atoms with E-state index in [0.29, 0.717) is 0 Å². The van der Waals surface area contributed by atoms with E-state index in [1.54, 1.807) is 0 Å². The van der Waals surface area contributed by atoms with Gasteiger partial charge in [0.25, 0.3) is 0 Å². The number of rotatable bonds is 8. The molecule has 0 unspecified atom stereocenters. The highest BCUT2D eigenvalue weighted by Gasteiger charge is 2.46. The normalized spacial score (nSPS) is 31.9. The first-order valence-electron chi connectivity index (χ1n) is 13.6. The highest BCUT2D eigenvalue weighted by Crippen LogP contribution is 2.40. The molecule has 246 valence electrons. The fraction of sp³-hybridized carbons (Fsp3) is 0.464. The van der Waals surface area contributed by atoms with Crippen LogP contribution in [0, 0.1) is 0 Å². The van der Waals surface area contributed by atoms with Gasteiger partial charge in [0.1, 0.15) is 71.3 Å². The summed E-state index contributed by atoms with van der Waals surface area (Å²) < 4.78 is 32.9. The second-order valence-corrected chi connectivity index (χ2v) is 10.4. The lowest BCUT2D eigenvalue weighted by atomic mass is 9.99. The number of fused-ring (bicyclic) bond motifs is 1. The van der Waals surface area contributed by atoms with Crippen molar-refractivity contribution in [1.82, 2.24) is 0 Å². The van der Waals surface area contributed by atoms with Crippen molar-refractivity contribution in [3.8, 4) is 40.1 Å². The minimum atomic E-state index is -1.92. The number of ether oxygens (including phenoxy) is 5.